The molecule has 5 heterocycles. The minimum Gasteiger partial charge on any atom is -0.329 e. The van der Waals surface area contributed by atoms with Crippen molar-refractivity contribution in [2.75, 3.05) is 33.2 Å². The number of imidazole rings is 1. The van der Waals surface area contributed by atoms with E-state index in [1.54, 1.807) is 6.20 Å². The lowest BCUT2D eigenvalue weighted by Gasteiger charge is -2.22. The molecule has 6 nitrogen and oxygen atoms in total. The van der Waals surface area contributed by atoms with E-state index in [-0.39, 0.29) is 16.5 Å². The van der Waals surface area contributed by atoms with Gasteiger partial charge in [0.1, 0.15) is 10.2 Å². The van der Waals surface area contributed by atoms with E-state index in [1.165, 1.54) is 26.8 Å². The molecule has 0 N–H and O–H groups in total. The highest BCUT2D eigenvalue weighted by Gasteiger charge is 2.37. The monoisotopic (exact) mass is 493 g/mol. The van der Waals surface area contributed by atoms with Crippen LogP contribution in [0.4, 0.5) is 13.2 Å². The number of carbonyl (C=O) groups excluding carboxylic acids is 1. The highest BCUT2D eigenvalue weighted by Crippen LogP contribution is 2.37. The smallest absolute Gasteiger partial charge is 0.329 e. The number of thiazole rings is 1. The second kappa shape index (κ2) is 8.27. The van der Waals surface area contributed by atoms with Gasteiger partial charge in [-0.05, 0) is 30.7 Å². The lowest BCUT2D eigenvalue weighted by Crippen LogP contribution is -2.29. The number of hydrogen-bond donors (Lipinski definition) is 0. The van der Waals surface area contributed by atoms with E-state index in [0.29, 0.717) is 31.6 Å². The van der Waals surface area contributed by atoms with Gasteiger partial charge in [-0.25, -0.2) is 9.97 Å². The van der Waals surface area contributed by atoms with Gasteiger partial charge in [0.25, 0.3) is 5.91 Å². The maximum atomic E-state index is 13.9. The van der Waals surface area contributed by atoms with Crippen molar-refractivity contribution < 1.29 is 18.0 Å². The van der Waals surface area contributed by atoms with E-state index in [0.717, 1.165) is 28.8 Å². The second-order valence-electron chi connectivity index (χ2n) is 8.08. The molecule has 3 aromatic heterocycles. The van der Waals surface area contributed by atoms with Gasteiger partial charge in [0.05, 0.1) is 5.56 Å². The normalized spacial score (nSPS) is 17.5. The van der Waals surface area contributed by atoms with Crippen molar-refractivity contribution in [3.8, 4) is 0 Å². The summed E-state index contributed by atoms with van der Waals surface area (Å²) in [5.41, 5.74) is 0.658. The summed E-state index contributed by atoms with van der Waals surface area (Å²) in [6, 6.07) is 1.10. The standard InChI is InChI=1S/C22H19ClF3N5OS/c1-29-6-2-13(3-7-29)15-10-16(22(24,25)26)19-28-17(18(23)31(19)12-15)21(32)30-8-4-14(11-30)20-27-5-9-33-20/h2,4-5,9-10,12H,3,6-8,11H2,1H3. The van der Waals surface area contributed by atoms with E-state index >= 15 is 0 Å². The number of amides is 1. The average Bonchev–Trinajstić information content (AvgIpc) is 3.53. The Morgan fingerprint density at radius 1 is 1.21 bits per heavy atom. The molecule has 0 radical (unpaired) electrons. The number of fused-ring (bicyclic) bond motifs is 1. The summed E-state index contributed by atoms with van der Waals surface area (Å²) < 4.78 is 43.0. The molecular weight excluding hydrogens is 475 g/mol. The first-order chi connectivity index (χ1) is 15.7. The van der Waals surface area contributed by atoms with Crippen LogP contribution in [0, 0.1) is 0 Å². The van der Waals surface area contributed by atoms with E-state index in [2.05, 4.69) is 14.9 Å². The highest BCUT2D eigenvalue weighted by atomic mass is 35.5. The van der Waals surface area contributed by atoms with Gasteiger partial charge < -0.3 is 9.80 Å². The van der Waals surface area contributed by atoms with Crippen LogP contribution in [0.2, 0.25) is 5.15 Å². The van der Waals surface area contributed by atoms with Crippen molar-refractivity contribution in [2.45, 2.75) is 12.6 Å². The molecule has 0 spiro atoms. The van der Waals surface area contributed by atoms with Gasteiger partial charge in [-0.15, -0.1) is 11.3 Å². The summed E-state index contributed by atoms with van der Waals surface area (Å²) in [5, 5.41) is 2.52. The van der Waals surface area contributed by atoms with Crippen LogP contribution in [0.5, 0.6) is 0 Å². The summed E-state index contributed by atoms with van der Waals surface area (Å²) in [4.78, 5) is 25.0. The topological polar surface area (TPSA) is 53.7 Å². The molecule has 2 aliphatic rings. The third kappa shape index (κ3) is 4.07. The van der Waals surface area contributed by atoms with Gasteiger partial charge in [-0.3, -0.25) is 9.20 Å². The molecule has 0 fully saturated rings. The SMILES string of the molecule is CN1CC=C(c2cc(C(F)(F)F)c3nc(C(=O)N4CC=C(c5nccs5)C4)c(Cl)n3c2)CC1. The number of pyridine rings is 1. The Labute approximate surface area is 196 Å². The molecule has 0 bridgehead atoms. The molecule has 0 aliphatic carbocycles. The highest BCUT2D eigenvalue weighted by molar-refractivity contribution is 7.10. The maximum absolute atomic E-state index is 13.9. The van der Waals surface area contributed by atoms with Gasteiger partial charge >= 0.3 is 6.18 Å². The molecular formula is C22H19ClF3N5OS. The fourth-order valence-corrected chi connectivity index (χ4v) is 4.99. The van der Waals surface area contributed by atoms with E-state index < -0.39 is 17.6 Å². The van der Waals surface area contributed by atoms with Gasteiger partial charge in [-0.1, -0.05) is 23.8 Å². The van der Waals surface area contributed by atoms with Gasteiger partial charge in [0, 0.05) is 49.5 Å². The number of nitrogens with zero attached hydrogens (tertiary/aromatic N) is 5. The Hall–Kier alpha value is -2.69. The zero-order chi connectivity index (χ0) is 23.3. The van der Waals surface area contributed by atoms with Gasteiger partial charge in [0.15, 0.2) is 11.3 Å². The molecule has 0 aromatic carbocycles. The summed E-state index contributed by atoms with van der Waals surface area (Å²) in [5.74, 6) is -0.514. The number of rotatable bonds is 3. The second-order valence-corrected chi connectivity index (χ2v) is 9.33. The van der Waals surface area contributed by atoms with Crippen LogP contribution in [0.25, 0.3) is 16.8 Å². The molecule has 0 atom stereocenters. The third-order valence-electron chi connectivity index (χ3n) is 5.87. The average molecular weight is 494 g/mol. The number of aromatic nitrogens is 3. The molecule has 2 aliphatic heterocycles. The number of alkyl halides is 3. The van der Waals surface area contributed by atoms with E-state index in [1.807, 2.05) is 24.6 Å². The summed E-state index contributed by atoms with van der Waals surface area (Å²) in [6.07, 6.45) is 2.99. The number of likely N-dealkylation sites (N-methyl/N-ethyl adjacent to an activating group) is 1. The minimum atomic E-state index is -4.65. The Morgan fingerprint density at radius 3 is 2.67 bits per heavy atom. The molecule has 0 saturated carbocycles. The first-order valence-corrected chi connectivity index (χ1v) is 11.5. The third-order valence-corrected chi connectivity index (χ3v) is 7.08. The zero-order valence-electron chi connectivity index (χ0n) is 17.6. The number of carbonyl (C=O) groups is 1. The fourth-order valence-electron chi connectivity index (χ4n) is 4.07. The van der Waals surface area contributed by atoms with Crippen molar-refractivity contribution in [2.24, 2.45) is 0 Å². The van der Waals surface area contributed by atoms with E-state index in [4.69, 9.17) is 11.6 Å². The summed E-state index contributed by atoms with van der Waals surface area (Å²) in [6.45, 7) is 2.01. The van der Waals surface area contributed by atoms with Gasteiger partial charge in [0.2, 0.25) is 0 Å². The number of hydrogen-bond acceptors (Lipinski definition) is 5. The Morgan fingerprint density at radius 2 is 2.00 bits per heavy atom. The Kier molecular flexibility index (Phi) is 5.54. The molecule has 0 unspecified atom stereocenters. The van der Waals surface area contributed by atoms with Crippen molar-refractivity contribution in [3.63, 3.8) is 0 Å². The molecule has 3 aromatic rings. The predicted molar refractivity (Wildman–Crippen MR) is 121 cm³/mol. The van der Waals surface area contributed by atoms with Gasteiger partial charge in [-0.2, -0.15) is 13.2 Å². The largest absolute Gasteiger partial charge is 0.420 e. The van der Waals surface area contributed by atoms with Crippen LogP contribution in [-0.2, 0) is 6.18 Å². The van der Waals surface area contributed by atoms with Crippen molar-refractivity contribution in [3.05, 3.63) is 63.0 Å². The summed E-state index contributed by atoms with van der Waals surface area (Å²) in [7, 11) is 1.95. The van der Waals surface area contributed by atoms with Crippen molar-refractivity contribution in [1.29, 1.82) is 0 Å². The first-order valence-electron chi connectivity index (χ1n) is 10.3. The predicted octanol–water partition coefficient (Wildman–Crippen LogP) is 4.72. The molecule has 1 amide bonds. The first kappa shape index (κ1) is 22.1. The van der Waals surface area contributed by atoms with Crippen LogP contribution in [-0.4, -0.2) is 63.3 Å². The maximum Gasteiger partial charge on any atom is 0.420 e. The van der Waals surface area contributed by atoms with Crippen LogP contribution < -0.4 is 0 Å². The minimum absolute atomic E-state index is 0.126. The zero-order valence-corrected chi connectivity index (χ0v) is 19.1. The molecule has 11 heteroatoms. The number of halogens is 4. The van der Waals surface area contributed by atoms with Crippen LogP contribution in [0.3, 0.4) is 0 Å². The Bertz CT molecular complexity index is 1300. The van der Waals surface area contributed by atoms with Crippen LogP contribution in [0.1, 0.15) is 33.0 Å². The quantitative estimate of drug-likeness (QED) is 0.530. The summed E-state index contributed by atoms with van der Waals surface area (Å²) >= 11 is 7.91. The van der Waals surface area contributed by atoms with Crippen molar-refractivity contribution in [1.82, 2.24) is 24.2 Å². The fraction of sp³-hybridized carbons (Fsp3) is 0.318. The molecule has 0 saturated heterocycles. The van der Waals surface area contributed by atoms with Crippen LogP contribution in [0.15, 0.2) is 36.0 Å². The molecule has 5 rings (SSSR count). The molecule has 33 heavy (non-hydrogen) atoms. The van der Waals surface area contributed by atoms with Crippen molar-refractivity contribution >= 4 is 45.6 Å². The lowest BCUT2D eigenvalue weighted by atomic mass is 9.99. The molecule has 172 valence electrons. The van der Waals surface area contributed by atoms with Crippen LogP contribution >= 0.6 is 22.9 Å². The lowest BCUT2D eigenvalue weighted by molar-refractivity contribution is -0.136. The van der Waals surface area contributed by atoms with E-state index in [9.17, 15) is 18.0 Å². The Balaban J connectivity index is 1.53.